The van der Waals surface area contributed by atoms with Gasteiger partial charge in [-0.1, -0.05) is 42.5 Å². The van der Waals surface area contributed by atoms with E-state index in [1.807, 2.05) is 19.1 Å². The van der Waals surface area contributed by atoms with Crippen molar-refractivity contribution in [2.24, 2.45) is 11.8 Å². The topological polar surface area (TPSA) is 96.4 Å². The average molecular weight is 531 g/mol. The molecule has 0 aromatic heterocycles. The summed E-state index contributed by atoms with van der Waals surface area (Å²) in [6.45, 7) is 9.92. The molecule has 200 valence electrons. The van der Waals surface area contributed by atoms with Gasteiger partial charge in [0.15, 0.2) is 0 Å². The molecule has 3 aliphatic rings. The number of halogens is 1. The standard InChI is InChI=1S/C28H35ClN2O6/c1-4-14-30(23-18(3)10-9-11-19(23)29)26(34)24-28-13-12-20(37-28)21(27(35)36-17-5-2)22(28)25(33)31(24)15-7-6-8-16-32/h4-5,9-11,20-22,24,32H,1-2,6-8,12-17H2,3H3/t20-,21+,22-,24?,28?/m0/s1. The molecule has 1 aromatic rings. The van der Waals surface area contributed by atoms with E-state index in [-0.39, 0.29) is 31.6 Å². The Hall–Kier alpha value is -2.68. The van der Waals surface area contributed by atoms with Crippen LogP contribution in [0.5, 0.6) is 0 Å². The Labute approximate surface area is 222 Å². The second-order valence-electron chi connectivity index (χ2n) is 9.93. The van der Waals surface area contributed by atoms with Gasteiger partial charge in [-0.05, 0) is 50.7 Å². The molecular formula is C28H35ClN2O6. The third kappa shape index (κ3) is 4.71. The highest BCUT2D eigenvalue weighted by atomic mass is 35.5. The lowest BCUT2D eigenvalue weighted by Gasteiger charge is -2.37. The van der Waals surface area contributed by atoms with Crippen LogP contribution in [-0.4, -0.2) is 71.8 Å². The fourth-order valence-electron chi connectivity index (χ4n) is 6.28. The van der Waals surface area contributed by atoms with Crippen LogP contribution in [-0.2, 0) is 23.9 Å². The number of esters is 1. The Morgan fingerprint density at radius 1 is 1.30 bits per heavy atom. The molecule has 0 radical (unpaired) electrons. The van der Waals surface area contributed by atoms with Crippen LogP contribution in [0.4, 0.5) is 5.69 Å². The summed E-state index contributed by atoms with van der Waals surface area (Å²) in [6, 6.07) is 4.50. The van der Waals surface area contributed by atoms with Crippen molar-refractivity contribution in [1.29, 1.82) is 0 Å². The number of para-hydroxylation sites is 1. The number of anilines is 1. The van der Waals surface area contributed by atoms with Gasteiger partial charge in [0.05, 0.1) is 28.6 Å². The maximum atomic E-state index is 14.4. The Morgan fingerprint density at radius 2 is 2.08 bits per heavy atom. The van der Waals surface area contributed by atoms with Crippen molar-refractivity contribution in [2.75, 3.05) is 31.2 Å². The van der Waals surface area contributed by atoms with Gasteiger partial charge in [-0.2, -0.15) is 0 Å². The smallest absolute Gasteiger partial charge is 0.312 e. The zero-order chi connectivity index (χ0) is 26.7. The summed E-state index contributed by atoms with van der Waals surface area (Å²) in [5.74, 6) is -2.64. The minimum absolute atomic E-state index is 0.0437. The van der Waals surface area contributed by atoms with Crippen LogP contribution in [0.2, 0.25) is 5.02 Å². The molecule has 1 N–H and O–H groups in total. The molecule has 4 rings (SSSR count). The van der Waals surface area contributed by atoms with Gasteiger partial charge in [0, 0.05) is 19.7 Å². The minimum atomic E-state index is -1.12. The van der Waals surface area contributed by atoms with Crippen LogP contribution in [0.3, 0.4) is 0 Å². The van der Waals surface area contributed by atoms with Gasteiger partial charge in [0.25, 0.3) is 5.91 Å². The lowest BCUT2D eigenvalue weighted by molar-refractivity contribution is -0.154. The molecule has 3 fully saturated rings. The fraction of sp³-hybridized carbons (Fsp3) is 0.536. The van der Waals surface area contributed by atoms with Crippen molar-refractivity contribution in [3.63, 3.8) is 0 Å². The molecule has 37 heavy (non-hydrogen) atoms. The SMILES string of the molecule is C=CCOC(=O)[C@@H]1[C@@H]2CCC3(O2)C(C(=O)N(CC=C)c2c(C)cccc2Cl)N(CCCCCO)C(=O)[C@H]13. The molecule has 1 aromatic carbocycles. The van der Waals surface area contributed by atoms with Gasteiger partial charge >= 0.3 is 5.97 Å². The number of hydrogen-bond donors (Lipinski definition) is 1. The van der Waals surface area contributed by atoms with E-state index < -0.39 is 35.6 Å². The molecule has 3 aliphatic heterocycles. The summed E-state index contributed by atoms with van der Waals surface area (Å²) in [6.07, 6.45) is 5.60. The Balaban J connectivity index is 1.75. The molecule has 2 amide bonds. The molecule has 0 aliphatic carbocycles. The van der Waals surface area contributed by atoms with E-state index in [1.54, 1.807) is 21.9 Å². The quantitative estimate of drug-likeness (QED) is 0.253. The number of aryl methyl sites for hydroxylation is 1. The summed E-state index contributed by atoms with van der Waals surface area (Å²) < 4.78 is 11.8. The molecule has 3 saturated heterocycles. The number of fused-ring (bicyclic) bond motifs is 1. The first-order chi connectivity index (χ1) is 17.8. The lowest BCUT2D eigenvalue weighted by Crippen LogP contribution is -2.56. The van der Waals surface area contributed by atoms with Crippen LogP contribution in [0.1, 0.15) is 37.7 Å². The van der Waals surface area contributed by atoms with E-state index in [0.717, 1.165) is 5.56 Å². The first kappa shape index (κ1) is 27.4. The third-order valence-electron chi connectivity index (χ3n) is 7.74. The number of carbonyl (C=O) groups excluding carboxylic acids is 3. The van der Waals surface area contributed by atoms with Crippen molar-refractivity contribution in [2.45, 2.75) is 56.8 Å². The number of aliphatic hydroxyl groups excluding tert-OH is 1. The first-order valence-corrected chi connectivity index (χ1v) is 13.2. The highest BCUT2D eigenvalue weighted by Gasteiger charge is 2.75. The van der Waals surface area contributed by atoms with Crippen molar-refractivity contribution in [1.82, 2.24) is 4.90 Å². The number of likely N-dealkylation sites (tertiary alicyclic amines) is 1. The maximum Gasteiger partial charge on any atom is 0.312 e. The van der Waals surface area contributed by atoms with Crippen LogP contribution in [0.15, 0.2) is 43.5 Å². The number of nitrogens with zero attached hydrogens (tertiary/aromatic N) is 2. The van der Waals surface area contributed by atoms with Crippen molar-refractivity contribution in [3.05, 3.63) is 54.1 Å². The summed E-state index contributed by atoms with van der Waals surface area (Å²) in [5.41, 5.74) is 0.261. The number of carbonyl (C=O) groups is 3. The second-order valence-corrected chi connectivity index (χ2v) is 10.3. The molecule has 2 unspecified atom stereocenters. The maximum absolute atomic E-state index is 14.4. The summed E-state index contributed by atoms with van der Waals surface area (Å²) in [5, 5.41) is 9.62. The van der Waals surface area contributed by atoms with Crippen LogP contribution >= 0.6 is 11.6 Å². The van der Waals surface area contributed by atoms with E-state index in [0.29, 0.717) is 49.4 Å². The Morgan fingerprint density at radius 3 is 2.76 bits per heavy atom. The van der Waals surface area contributed by atoms with Crippen molar-refractivity contribution < 1.29 is 29.0 Å². The Kier molecular flexibility index (Phi) is 8.41. The van der Waals surface area contributed by atoms with E-state index in [9.17, 15) is 19.5 Å². The summed E-state index contributed by atoms with van der Waals surface area (Å²) >= 11 is 6.56. The average Bonchev–Trinajstić information content (AvgIpc) is 3.51. The van der Waals surface area contributed by atoms with Crippen molar-refractivity contribution >= 4 is 35.1 Å². The predicted molar refractivity (Wildman–Crippen MR) is 140 cm³/mol. The van der Waals surface area contributed by atoms with Gasteiger partial charge in [-0.15, -0.1) is 6.58 Å². The van der Waals surface area contributed by atoms with E-state index in [1.165, 1.54) is 6.08 Å². The zero-order valence-electron chi connectivity index (χ0n) is 21.2. The Bertz CT molecular complexity index is 1060. The highest BCUT2D eigenvalue weighted by molar-refractivity contribution is 6.34. The van der Waals surface area contributed by atoms with Crippen LogP contribution in [0, 0.1) is 18.8 Å². The highest BCUT2D eigenvalue weighted by Crippen LogP contribution is 2.59. The van der Waals surface area contributed by atoms with Gasteiger partial charge in [-0.3, -0.25) is 14.4 Å². The van der Waals surface area contributed by atoms with Gasteiger partial charge < -0.3 is 24.4 Å². The second kappa shape index (κ2) is 11.4. The van der Waals surface area contributed by atoms with E-state index in [4.69, 9.17) is 21.1 Å². The van der Waals surface area contributed by atoms with E-state index in [2.05, 4.69) is 13.2 Å². The minimum Gasteiger partial charge on any atom is -0.461 e. The molecule has 5 atom stereocenters. The number of amides is 2. The molecular weight excluding hydrogens is 496 g/mol. The van der Waals surface area contributed by atoms with Gasteiger partial charge in [0.1, 0.15) is 18.2 Å². The van der Waals surface area contributed by atoms with Gasteiger partial charge in [-0.25, -0.2) is 0 Å². The summed E-state index contributed by atoms with van der Waals surface area (Å²) in [7, 11) is 0. The fourth-order valence-corrected chi connectivity index (χ4v) is 6.61. The number of hydrogen-bond acceptors (Lipinski definition) is 6. The molecule has 0 saturated carbocycles. The number of ether oxygens (including phenoxy) is 2. The van der Waals surface area contributed by atoms with Crippen LogP contribution in [0.25, 0.3) is 0 Å². The van der Waals surface area contributed by atoms with Gasteiger partial charge in [0.2, 0.25) is 5.91 Å². The molecule has 1 spiro atoms. The molecule has 2 bridgehead atoms. The zero-order valence-corrected chi connectivity index (χ0v) is 22.0. The number of unbranched alkanes of at least 4 members (excludes halogenated alkanes) is 2. The normalized spacial score (nSPS) is 27.8. The number of rotatable bonds is 12. The van der Waals surface area contributed by atoms with Crippen LogP contribution < -0.4 is 4.90 Å². The molecule has 9 heteroatoms. The largest absolute Gasteiger partial charge is 0.461 e. The first-order valence-electron chi connectivity index (χ1n) is 12.9. The monoisotopic (exact) mass is 530 g/mol. The molecule has 3 heterocycles. The number of aliphatic hydroxyl groups is 1. The lowest BCUT2D eigenvalue weighted by atomic mass is 9.70. The van der Waals surface area contributed by atoms with Crippen molar-refractivity contribution in [3.8, 4) is 0 Å². The summed E-state index contributed by atoms with van der Waals surface area (Å²) in [4.78, 5) is 44.6. The van der Waals surface area contributed by atoms with E-state index >= 15 is 0 Å². The third-order valence-corrected chi connectivity index (χ3v) is 8.05. The predicted octanol–water partition coefficient (Wildman–Crippen LogP) is 3.43. The number of benzene rings is 1. The molecule has 8 nitrogen and oxygen atoms in total.